The second kappa shape index (κ2) is 9.07. The molecule has 1 aliphatic carbocycles. The molecule has 142 valence electrons. The number of urea groups is 1. The van der Waals surface area contributed by atoms with E-state index in [-0.39, 0.29) is 18.5 Å². The Morgan fingerprint density at radius 1 is 1.04 bits per heavy atom. The molecule has 6 heteroatoms. The van der Waals surface area contributed by atoms with Crippen molar-refractivity contribution in [1.82, 2.24) is 16.0 Å². The number of carbonyl (C=O) groups excluding carboxylic acids is 2. The maximum atomic E-state index is 12.0. The van der Waals surface area contributed by atoms with Gasteiger partial charge in [0, 0.05) is 18.7 Å². The number of carbonyl (C=O) groups is 2. The van der Waals surface area contributed by atoms with E-state index >= 15 is 0 Å². The van der Waals surface area contributed by atoms with Gasteiger partial charge in [-0.1, -0.05) is 30.3 Å². The molecule has 6 nitrogen and oxygen atoms in total. The van der Waals surface area contributed by atoms with Crippen molar-refractivity contribution in [2.45, 2.75) is 26.3 Å². The van der Waals surface area contributed by atoms with Crippen LogP contribution in [0.25, 0.3) is 0 Å². The molecule has 0 aliphatic heterocycles. The van der Waals surface area contributed by atoms with E-state index in [9.17, 15) is 9.59 Å². The second-order valence-corrected chi connectivity index (χ2v) is 6.81. The van der Waals surface area contributed by atoms with Crippen molar-refractivity contribution in [2.75, 3.05) is 13.1 Å². The zero-order valence-corrected chi connectivity index (χ0v) is 15.5. The molecular weight excluding hydrogens is 342 g/mol. The largest absolute Gasteiger partial charge is 0.457 e. The van der Waals surface area contributed by atoms with Gasteiger partial charge in [0.2, 0.25) is 5.91 Å². The number of hydrogen-bond donors (Lipinski definition) is 3. The summed E-state index contributed by atoms with van der Waals surface area (Å²) < 4.78 is 5.95. The summed E-state index contributed by atoms with van der Waals surface area (Å²) >= 11 is 0. The summed E-state index contributed by atoms with van der Waals surface area (Å²) in [5, 5.41) is 8.16. The Kier molecular flexibility index (Phi) is 6.30. The van der Waals surface area contributed by atoms with Gasteiger partial charge in [0.25, 0.3) is 0 Å². The summed E-state index contributed by atoms with van der Waals surface area (Å²) in [7, 11) is 0. The van der Waals surface area contributed by atoms with Crippen LogP contribution in [0.15, 0.2) is 48.5 Å². The molecule has 0 heterocycles. The van der Waals surface area contributed by atoms with Crippen molar-refractivity contribution in [2.24, 2.45) is 5.92 Å². The topological polar surface area (TPSA) is 79.5 Å². The molecular formula is C21H25N3O3. The second-order valence-electron chi connectivity index (χ2n) is 6.81. The number of benzene rings is 2. The Hall–Kier alpha value is -3.02. The maximum Gasteiger partial charge on any atom is 0.315 e. The number of para-hydroxylation sites is 1. The molecule has 2 aromatic carbocycles. The molecule has 3 N–H and O–H groups in total. The fourth-order valence-corrected chi connectivity index (χ4v) is 2.56. The molecule has 1 aliphatic rings. The number of ether oxygens (including phenoxy) is 1. The predicted octanol–water partition coefficient (Wildman–Crippen LogP) is 3.11. The van der Waals surface area contributed by atoms with Crippen LogP contribution in [-0.2, 0) is 11.3 Å². The highest BCUT2D eigenvalue weighted by Crippen LogP contribution is 2.27. The smallest absolute Gasteiger partial charge is 0.315 e. The van der Waals surface area contributed by atoms with Gasteiger partial charge < -0.3 is 20.7 Å². The predicted molar refractivity (Wildman–Crippen MR) is 104 cm³/mol. The summed E-state index contributed by atoms with van der Waals surface area (Å²) in [4.78, 5) is 23.6. The monoisotopic (exact) mass is 367 g/mol. The van der Waals surface area contributed by atoms with Crippen LogP contribution in [0.2, 0.25) is 0 Å². The van der Waals surface area contributed by atoms with E-state index in [4.69, 9.17) is 4.74 Å². The normalized spacial score (nSPS) is 12.9. The zero-order chi connectivity index (χ0) is 19.1. The van der Waals surface area contributed by atoms with Gasteiger partial charge in [-0.2, -0.15) is 0 Å². The van der Waals surface area contributed by atoms with Crippen LogP contribution in [0.4, 0.5) is 4.79 Å². The number of nitrogens with one attached hydrogen (secondary N) is 3. The third-order valence-electron chi connectivity index (χ3n) is 4.33. The molecule has 3 amide bonds. The molecule has 3 rings (SSSR count). The molecule has 0 unspecified atom stereocenters. The maximum absolute atomic E-state index is 12.0. The van der Waals surface area contributed by atoms with E-state index in [1.54, 1.807) is 0 Å². The van der Waals surface area contributed by atoms with Crippen LogP contribution in [0, 0.1) is 12.8 Å². The fraction of sp³-hybridized carbons (Fsp3) is 0.333. The van der Waals surface area contributed by atoms with Crippen LogP contribution >= 0.6 is 0 Å². The standard InChI is InChI=1S/C21H25N3O3/c1-15-7-10-17(19(11-15)27-18-5-3-2-4-6-18)13-23-21(26)24-14-20(25)22-12-16-8-9-16/h2-7,10-11,16H,8-9,12-14H2,1H3,(H,22,25)(H2,23,24,26). The minimum atomic E-state index is -0.386. The van der Waals surface area contributed by atoms with Crippen molar-refractivity contribution >= 4 is 11.9 Å². The van der Waals surface area contributed by atoms with E-state index in [1.807, 2.05) is 55.5 Å². The number of rotatable bonds is 8. The Labute approximate surface area is 159 Å². The first-order chi connectivity index (χ1) is 13.1. The summed E-state index contributed by atoms with van der Waals surface area (Å²) in [6.07, 6.45) is 2.36. The van der Waals surface area contributed by atoms with Gasteiger partial charge in [-0.15, -0.1) is 0 Å². The molecule has 0 spiro atoms. The quantitative estimate of drug-likeness (QED) is 0.671. The minimum absolute atomic E-state index is 0.0280. The SMILES string of the molecule is Cc1ccc(CNC(=O)NCC(=O)NCC2CC2)c(Oc2ccccc2)c1. The Balaban J connectivity index is 1.49. The van der Waals surface area contributed by atoms with Crippen molar-refractivity contribution in [3.05, 3.63) is 59.7 Å². The van der Waals surface area contributed by atoms with Gasteiger partial charge in [0.15, 0.2) is 0 Å². The third-order valence-corrected chi connectivity index (χ3v) is 4.33. The first kappa shape index (κ1) is 18.8. The molecule has 0 bridgehead atoms. The first-order valence-corrected chi connectivity index (χ1v) is 9.21. The lowest BCUT2D eigenvalue weighted by atomic mass is 10.1. The zero-order valence-electron chi connectivity index (χ0n) is 15.5. The molecule has 0 atom stereocenters. The van der Waals surface area contributed by atoms with Gasteiger partial charge in [-0.05, 0) is 49.4 Å². The highest BCUT2D eigenvalue weighted by molar-refractivity contribution is 5.83. The Morgan fingerprint density at radius 3 is 2.56 bits per heavy atom. The molecule has 1 saturated carbocycles. The van der Waals surface area contributed by atoms with Crippen molar-refractivity contribution in [3.8, 4) is 11.5 Å². The fourth-order valence-electron chi connectivity index (χ4n) is 2.56. The van der Waals surface area contributed by atoms with Crippen molar-refractivity contribution in [1.29, 1.82) is 0 Å². The highest BCUT2D eigenvalue weighted by Gasteiger charge is 2.21. The first-order valence-electron chi connectivity index (χ1n) is 9.21. The van der Waals surface area contributed by atoms with E-state index in [1.165, 1.54) is 12.8 Å². The van der Waals surface area contributed by atoms with E-state index in [2.05, 4.69) is 16.0 Å². The van der Waals surface area contributed by atoms with Crippen LogP contribution in [-0.4, -0.2) is 25.0 Å². The van der Waals surface area contributed by atoms with Crippen molar-refractivity contribution < 1.29 is 14.3 Å². The number of aryl methyl sites for hydroxylation is 1. The molecule has 1 fully saturated rings. The van der Waals surface area contributed by atoms with Gasteiger partial charge in [-0.3, -0.25) is 4.79 Å². The van der Waals surface area contributed by atoms with Crippen LogP contribution in [0.1, 0.15) is 24.0 Å². The van der Waals surface area contributed by atoms with E-state index < -0.39 is 0 Å². The molecule has 0 aromatic heterocycles. The van der Waals surface area contributed by atoms with Gasteiger partial charge in [-0.25, -0.2) is 4.79 Å². The summed E-state index contributed by atoms with van der Waals surface area (Å²) in [6, 6.07) is 15.0. The summed E-state index contributed by atoms with van der Waals surface area (Å²) in [6.45, 7) is 2.96. The van der Waals surface area contributed by atoms with Gasteiger partial charge in [0.1, 0.15) is 11.5 Å². The van der Waals surface area contributed by atoms with Crippen LogP contribution in [0.3, 0.4) is 0 Å². The highest BCUT2D eigenvalue weighted by atomic mass is 16.5. The molecule has 2 aromatic rings. The minimum Gasteiger partial charge on any atom is -0.457 e. The third kappa shape index (κ3) is 6.33. The molecule has 0 saturated heterocycles. The van der Waals surface area contributed by atoms with Crippen LogP contribution < -0.4 is 20.7 Å². The average molecular weight is 367 g/mol. The lowest BCUT2D eigenvalue weighted by molar-refractivity contribution is -0.120. The van der Waals surface area contributed by atoms with Crippen LogP contribution in [0.5, 0.6) is 11.5 Å². The summed E-state index contributed by atoms with van der Waals surface area (Å²) in [5.74, 6) is 1.89. The molecule has 27 heavy (non-hydrogen) atoms. The lowest BCUT2D eigenvalue weighted by Gasteiger charge is -2.13. The Morgan fingerprint density at radius 2 is 1.81 bits per heavy atom. The Bertz CT molecular complexity index is 789. The van der Waals surface area contributed by atoms with Gasteiger partial charge >= 0.3 is 6.03 Å². The van der Waals surface area contributed by atoms with E-state index in [0.29, 0.717) is 24.8 Å². The number of amides is 3. The summed E-state index contributed by atoms with van der Waals surface area (Å²) in [5.41, 5.74) is 1.93. The van der Waals surface area contributed by atoms with E-state index in [0.717, 1.165) is 16.9 Å². The molecule has 0 radical (unpaired) electrons. The lowest BCUT2D eigenvalue weighted by Crippen LogP contribution is -2.42. The number of hydrogen-bond acceptors (Lipinski definition) is 3. The van der Waals surface area contributed by atoms with Crippen molar-refractivity contribution in [3.63, 3.8) is 0 Å². The average Bonchev–Trinajstić information content (AvgIpc) is 3.49. The van der Waals surface area contributed by atoms with Gasteiger partial charge in [0.05, 0.1) is 6.54 Å².